The molecule has 1 aliphatic carbocycles. The van der Waals surface area contributed by atoms with E-state index in [9.17, 15) is 29.8 Å². The highest BCUT2D eigenvalue weighted by Crippen LogP contribution is 2.49. The summed E-state index contributed by atoms with van der Waals surface area (Å²) in [5, 5.41) is 22.7. The van der Waals surface area contributed by atoms with Crippen molar-refractivity contribution in [1.82, 2.24) is 9.80 Å². The Morgan fingerprint density at radius 3 is 1.66 bits per heavy atom. The number of non-ortho nitro benzene ring substituents is 2. The standard InChI is InChI=1S/C21H16N4O6S/c1-3-22-19(26)18(20(32)23(4-2)21(22)27)17-13-7-5-11(24(28)29)9-15(13)16-10-12(25(30)31)6-8-14(16)17/h5-10H,3-4H2,1-2H3. The van der Waals surface area contributed by atoms with Gasteiger partial charge < -0.3 is 0 Å². The molecule has 0 aromatic heterocycles. The van der Waals surface area contributed by atoms with E-state index in [0.29, 0.717) is 27.8 Å². The van der Waals surface area contributed by atoms with Crippen molar-refractivity contribution < 1.29 is 19.4 Å². The van der Waals surface area contributed by atoms with Gasteiger partial charge in [-0.15, -0.1) is 0 Å². The molecule has 0 bridgehead atoms. The topological polar surface area (TPSA) is 127 Å². The van der Waals surface area contributed by atoms with Crippen molar-refractivity contribution in [2.24, 2.45) is 0 Å². The summed E-state index contributed by atoms with van der Waals surface area (Å²) in [7, 11) is 0. The van der Waals surface area contributed by atoms with E-state index in [1.165, 1.54) is 41.3 Å². The van der Waals surface area contributed by atoms with Gasteiger partial charge in [0.25, 0.3) is 17.3 Å². The van der Waals surface area contributed by atoms with Crippen LogP contribution in [-0.2, 0) is 4.79 Å². The highest BCUT2D eigenvalue weighted by Gasteiger charge is 2.42. The first-order valence-corrected chi connectivity index (χ1v) is 10.1. The van der Waals surface area contributed by atoms with Crippen molar-refractivity contribution >= 4 is 46.1 Å². The van der Waals surface area contributed by atoms with Crippen LogP contribution in [0.4, 0.5) is 16.2 Å². The number of imide groups is 1. The molecule has 0 radical (unpaired) electrons. The number of hydrogen-bond acceptors (Lipinski definition) is 7. The molecule has 3 amide bonds. The molecule has 1 fully saturated rings. The van der Waals surface area contributed by atoms with Crippen LogP contribution in [0.15, 0.2) is 42.0 Å². The van der Waals surface area contributed by atoms with Gasteiger partial charge in [-0.3, -0.25) is 34.8 Å². The normalized spacial score (nSPS) is 15.2. The monoisotopic (exact) mass is 452 g/mol. The molecule has 2 aliphatic rings. The second kappa shape index (κ2) is 7.61. The van der Waals surface area contributed by atoms with Crippen LogP contribution in [0, 0.1) is 20.2 Å². The lowest BCUT2D eigenvalue weighted by atomic mass is 9.95. The van der Waals surface area contributed by atoms with Gasteiger partial charge in [0.2, 0.25) is 0 Å². The van der Waals surface area contributed by atoms with E-state index in [4.69, 9.17) is 12.2 Å². The number of likely N-dealkylation sites (N-methyl/N-ethyl adjacent to an activating group) is 2. The van der Waals surface area contributed by atoms with Gasteiger partial charge in [0.05, 0.1) is 15.4 Å². The first-order chi connectivity index (χ1) is 15.2. The molecule has 1 heterocycles. The lowest BCUT2D eigenvalue weighted by molar-refractivity contribution is -0.385. The Hall–Kier alpha value is -3.99. The summed E-state index contributed by atoms with van der Waals surface area (Å²) in [5.74, 6) is -0.572. The number of amides is 3. The van der Waals surface area contributed by atoms with Crippen molar-refractivity contribution in [1.29, 1.82) is 0 Å². The average Bonchev–Trinajstić information content (AvgIpc) is 3.07. The molecule has 2 aromatic rings. The van der Waals surface area contributed by atoms with Crippen molar-refractivity contribution in [3.63, 3.8) is 0 Å². The Labute approximate surface area is 187 Å². The van der Waals surface area contributed by atoms with E-state index in [1.54, 1.807) is 13.8 Å². The summed E-state index contributed by atoms with van der Waals surface area (Å²) in [6.45, 7) is 3.79. The highest BCUT2D eigenvalue weighted by atomic mass is 32.1. The van der Waals surface area contributed by atoms with Crippen molar-refractivity contribution in [2.75, 3.05) is 13.1 Å². The lowest BCUT2D eigenvalue weighted by Crippen LogP contribution is -2.55. The molecule has 1 aliphatic heterocycles. The van der Waals surface area contributed by atoms with Gasteiger partial charge in [-0.2, -0.15) is 0 Å². The third-order valence-corrected chi connectivity index (χ3v) is 5.94. The van der Waals surface area contributed by atoms with Crippen LogP contribution in [0.5, 0.6) is 0 Å². The second-order valence-corrected chi connectivity index (χ2v) is 7.49. The Morgan fingerprint density at radius 2 is 1.25 bits per heavy atom. The van der Waals surface area contributed by atoms with Crippen LogP contribution in [0.2, 0.25) is 0 Å². The van der Waals surface area contributed by atoms with E-state index >= 15 is 0 Å². The summed E-state index contributed by atoms with van der Waals surface area (Å²) in [6, 6.07) is 7.73. The molecular weight excluding hydrogens is 436 g/mol. The van der Waals surface area contributed by atoms with E-state index < -0.39 is 21.8 Å². The predicted octanol–water partition coefficient (Wildman–Crippen LogP) is 3.92. The molecule has 2 aromatic carbocycles. The quantitative estimate of drug-likeness (QED) is 0.254. The van der Waals surface area contributed by atoms with E-state index in [2.05, 4.69) is 0 Å². The van der Waals surface area contributed by atoms with Gasteiger partial charge in [-0.25, -0.2) is 4.79 Å². The molecule has 11 heteroatoms. The van der Waals surface area contributed by atoms with Gasteiger partial charge in [0, 0.05) is 42.9 Å². The average molecular weight is 452 g/mol. The molecule has 0 atom stereocenters. The van der Waals surface area contributed by atoms with Crippen molar-refractivity contribution in [2.45, 2.75) is 13.8 Å². The Kier molecular flexibility index (Phi) is 5.05. The molecular formula is C21H16N4O6S. The van der Waals surface area contributed by atoms with Crippen molar-refractivity contribution in [3.8, 4) is 11.1 Å². The number of benzene rings is 2. The van der Waals surface area contributed by atoms with Crippen molar-refractivity contribution in [3.05, 3.63) is 73.3 Å². The molecule has 162 valence electrons. The smallest absolute Gasteiger partial charge is 0.284 e. The third kappa shape index (κ3) is 2.97. The number of urea groups is 1. The molecule has 4 rings (SSSR count). The molecule has 32 heavy (non-hydrogen) atoms. The Balaban J connectivity index is 2.08. The van der Waals surface area contributed by atoms with Gasteiger partial charge in [0.15, 0.2) is 0 Å². The zero-order chi connectivity index (χ0) is 23.3. The van der Waals surface area contributed by atoms with E-state index in [0.717, 1.165) is 4.90 Å². The van der Waals surface area contributed by atoms with Crippen LogP contribution in [0.1, 0.15) is 25.0 Å². The molecule has 1 saturated heterocycles. The van der Waals surface area contributed by atoms with Gasteiger partial charge in [-0.05, 0) is 48.2 Å². The summed E-state index contributed by atoms with van der Waals surface area (Å²) in [6.07, 6.45) is 0. The first-order valence-electron chi connectivity index (χ1n) is 9.71. The number of nitro groups is 2. The highest BCUT2D eigenvalue weighted by molar-refractivity contribution is 7.81. The number of thiocarbonyl (C=S) groups is 1. The molecule has 0 unspecified atom stereocenters. The van der Waals surface area contributed by atoms with E-state index in [-0.39, 0.29) is 35.0 Å². The fourth-order valence-electron chi connectivity index (χ4n) is 4.04. The summed E-state index contributed by atoms with van der Waals surface area (Å²) in [5.41, 5.74) is 1.89. The number of nitro benzene ring substituents is 2. The van der Waals surface area contributed by atoms with Crippen LogP contribution in [-0.4, -0.2) is 49.7 Å². The first kappa shape index (κ1) is 21.2. The number of hydrogen-bond donors (Lipinski definition) is 0. The van der Waals surface area contributed by atoms with Crippen LogP contribution in [0.3, 0.4) is 0 Å². The minimum Gasteiger partial charge on any atom is -0.284 e. The fraction of sp³-hybridized carbons (Fsp3) is 0.190. The maximum atomic E-state index is 13.3. The summed E-state index contributed by atoms with van der Waals surface area (Å²) < 4.78 is 0. The molecule has 0 saturated carbocycles. The zero-order valence-electron chi connectivity index (χ0n) is 17.0. The maximum Gasteiger partial charge on any atom is 0.332 e. The Bertz CT molecular complexity index is 1190. The molecule has 0 N–H and O–H groups in total. The summed E-state index contributed by atoms with van der Waals surface area (Å²) in [4.78, 5) is 50.0. The third-order valence-electron chi connectivity index (χ3n) is 5.52. The molecule has 0 spiro atoms. The Morgan fingerprint density at radius 1 is 0.781 bits per heavy atom. The molecule has 10 nitrogen and oxygen atoms in total. The van der Waals surface area contributed by atoms with Crippen LogP contribution >= 0.6 is 12.2 Å². The number of carbonyl (C=O) groups excluding carboxylic acids is 2. The maximum absolute atomic E-state index is 13.3. The van der Waals surface area contributed by atoms with Gasteiger partial charge in [-0.1, -0.05) is 12.2 Å². The SMILES string of the molecule is CCN1C(=O)C(=C2c3ccc([N+](=O)[O-])cc3-c3cc([N+](=O)[O-])ccc32)C(=S)N(CC)C1=O. The zero-order valence-corrected chi connectivity index (χ0v) is 17.8. The lowest BCUT2D eigenvalue weighted by Gasteiger charge is -2.35. The van der Waals surface area contributed by atoms with E-state index in [1.807, 2.05) is 0 Å². The largest absolute Gasteiger partial charge is 0.332 e. The number of fused-ring (bicyclic) bond motifs is 3. The van der Waals surface area contributed by atoms with Gasteiger partial charge in [0.1, 0.15) is 4.99 Å². The minimum absolute atomic E-state index is 0.0534. The summed E-state index contributed by atoms with van der Waals surface area (Å²) >= 11 is 5.52. The van der Waals surface area contributed by atoms with Crippen LogP contribution < -0.4 is 0 Å². The van der Waals surface area contributed by atoms with Crippen LogP contribution in [0.25, 0.3) is 16.7 Å². The number of nitrogens with zero attached hydrogens (tertiary/aromatic N) is 4. The number of carbonyl (C=O) groups is 2. The minimum atomic E-state index is -0.572. The second-order valence-electron chi connectivity index (χ2n) is 7.11. The number of rotatable bonds is 4. The fourth-order valence-corrected chi connectivity index (χ4v) is 4.44. The predicted molar refractivity (Wildman–Crippen MR) is 119 cm³/mol. The van der Waals surface area contributed by atoms with Gasteiger partial charge >= 0.3 is 6.03 Å².